The van der Waals surface area contributed by atoms with Crippen LogP contribution in [0.4, 0.5) is 8.78 Å². The van der Waals surface area contributed by atoms with Gasteiger partial charge in [-0.05, 0) is 12.0 Å². The number of halogens is 2. The predicted molar refractivity (Wildman–Crippen MR) is 50.0 cm³/mol. The molecule has 0 aliphatic carbocycles. The molecule has 0 N–H and O–H groups in total. The maximum absolute atomic E-state index is 13.0. The Labute approximate surface area is 77.6 Å². The third kappa shape index (κ3) is 2.51. The third-order valence-corrected chi connectivity index (χ3v) is 2.01. The van der Waals surface area contributed by atoms with Crippen molar-refractivity contribution < 1.29 is 8.78 Å². The standard InChI is InChI=1S/C11H14F2/c1-3-6-9-7-4-5-8-10(9)11(2,12)13/h4-5,7-8H,3,6H2,1-2H3. The van der Waals surface area contributed by atoms with Crippen LogP contribution < -0.4 is 0 Å². The fourth-order valence-electron chi connectivity index (χ4n) is 1.44. The second-order valence-electron chi connectivity index (χ2n) is 3.30. The van der Waals surface area contributed by atoms with Crippen molar-refractivity contribution in [2.24, 2.45) is 0 Å². The van der Waals surface area contributed by atoms with Gasteiger partial charge in [0.1, 0.15) is 0 Å². The normalized spacial score (nSPS) is 11.7. The summed E-state index contributed by atoms with van der Waals surface area (Å²) in [5.74, 6) is -2.72. The number of hydrogen-bond acceptors (Lipinski definition) is 0. The first-order valence-corrected chi connectivity index (χ1v) is 4.52. The van der Waals surface area contributed by atoms with Crippen molar-refractivity contribution in [1.82, 2.24) is 0 Å². The Kier molecular flexibility index (Phi) is 3.02. The zero-order valence-corrected chi connectivity index (χ0v) is 7.98. The highest BCUT2D eigenvalue weighted by Crippen LogP contribution is 2.30. The molecule has 0 heterocycles. The molecule has 0 saturated heterocycles. The Bertz CT molecular complexity index is 274. The van der Waals surface area contributed by atoms with Crippen molar-refractivity contribution in [3.63, 3.8) is 0 Å². The molecule has 0 unspecified atom stereocenters. The highest BCUT2D eigenvalue weighted by Gasteiger charge is 2.26. The Morgan fingerprint density at radius 1 is 1.23 bits per heavy atom. The summed E-state index contributed by atoms with van der Waals surface area (Å²) in [5.41, 5.74) is 0.925. The number of hydrogen-bond donors (Lipinski definition) is 0. The van der Waals surface area contributed by atoms with E-state index < -0.39 is 5.92 Å². The molecule has 0 nitrogen and oxygen atoms in total. The van der Waals surface area contributed by atoms with Crippen LogP contribution in [0.3, 0.4) is 0 Å². The summed E-state index contributed by atoms with van der Waals surface area (Å²) in [5, 5.41) is 0. The largest absolute Gasteiger partial charge is 0.270 e. The number of alkyl halides is 2. The van der Waals surface area contributed by atoms with Crippen molar-refractivity contribution in [3.05, 3.63) is 35.4 Å². The molecule has 0 fully saturated rings. The molecule has 0 amide bonds. The number of benzene rings is 1. The molecular weight excluding hydrogens is 170 g/mol. The predicted octanol–water partition coefficient (Wildman–Crippen LogP) is 3.75. The molecule has 13 heavy (non-hydrogen) atoms. The van der Waals surface area contributed by atoms with Gasteiger partial charge in [0.2, 0.25) is 0 Å². The zero-order chi connectivity index (χ0) is 9.90. The van der Waals surface area contributed by atoms with Crippen molar-refractivity contribution in [3.8, 4) is 0 Å². The maximum atomic E-state index is 13.0. The fraction of sp³-hybridized carbons (Fsp3) is 0.455. The van der Waals surface area contributed by atoms with Crippen LogP contribution in [0, 0.1) is 0 Å². The van der Waals surface area contributed by atoms with Crippen molar-refractivity contribution in [2.45, 2.75) is 32.6 Å². The van der Waals surface area contributed by atoms with Crippen LogP contribution in [0.25, 0.3) is 0 Å². The Hall–Kier alpha value is -0.920. The summed E-state index contributed by atoms with van der Waals surface area (Å²) in [4.78, 5) is 0. The maximum Gasteiger partial charge on any atom is 0.270 e. The zero-order valence-electron chi connectivity index (χ0n) is 7.98. The summed E-state index contributed by atoms with van der Waals surface area (Å²) in [6.07, 6.45) is 1.62. The molecule has 0 aliphatic rings. The quantitative estimate of drug-likeness (QED) is 0.671. The summed E-state index contributed by atoms with van der Waals surface area (Å²) < 4.78 is 26.1. The van der Waals surface area contributed by atoms with Crippen LogP contribution >= 0.6 is 0 Å². The lowest BCUT2D eigenvalue weighted by atomic mass is 9.99. The van der Waals surface area contributed by atoms with Gasteiger partial charge in [-0.15, -0.1) is 0 Å². The van der Waals surface area contributed by atoms with Gasteiger partial charge in [-0.2, -0.15) is 0 Å². The minimum atomic E-state index is -2.72. The van der Waals surface area contributed by atoms with Gasteiger partial charge in [0, 0.05) is 12.5 Å². The molecule has 2 heteroatoms. The molecule has 0 atom stereocenters. The molecule has 0 aromatic heterocycles. The Morgan fingerprint density at radius 2 is 1.85 bits per heavy atom. The molecule has 0 radical (unpaired) electrons. The Balaban J connectivity index is 3.05. The van der Waals surface area contributed by atoms with E-state index in [1.807, 2.05) is 6.92 Å². The van der Waals surface area contributed by atoms with Crippen molar-refractivity contribution in [2.75, 3.05) is 0 Å². The second kappa shape index (κ2) is 3.86. The Morgan fingerprint density at radius 3 is 2.38 bits per heavy atom. The lowest BCUT2D eigenvalue weighted by molar-refractivity contribution is 0.0165. The minimum absolute atomic E-state index is 0.164. The van der Waals surface area contributed by atoms with Crippen LogP contribution in [-0.4, -0.2) is 0 Å². The molecule has 1 aromatic carbocycles. The monoisotopic (exact) mass is 184 g/mol. The molecule has 0 aliphatic heterocycles. The van der Waals surface area contributed by atoms with E-state index in [0.717, 1.165) is 25.3 Å². The molecule has 0 spiro atoms. The first-order chi connectivity index (χ1) is 6.05. The SMILES string of the molecule is CCCc1ccccc1C(C)(F)F. The van der Waals surface area contributed by atoms with E-state index in [1.54, 1.807) is 18.2 Å². The van der Waals surface area contributed by atoms with E-state index in [9.17, 15) is 8.78 Å². The van der Waals surface area contributed by atoms with E-state index in [4.69, 9.17) is 0 Å². The highest BCUT2D eigenvalue weighted by molar-refractivity contribution is 5.30. The molecule has 0 saturated carbocycles. The first-order valence-electron chi connectivity index (χ1n) is 4.52. The number of aryl methyl sites for hydroxylation is 1. The van der Waals surface area contributed by atoms with Crippen LogP contribution in [0.15, 0.2) is 24.3 Å². The molecule has 0 bridgehead atoms. The first kappa shape index (κ1) is 10.2. The number of rotatable bonds is 3. The van der Waals surface area contributed by atoms with Crippen molar-refractivity contribution in [1.29, 1.82) is 0 Å². The van der Waals surface area contributed by atoms with Crippen molar-refractivity contribution >= 4 is 0 Å². The van der Waals surface area contributed by atoms with Crippen LogP contribution in [0.1, 0.15) is 31.4 Å². The summed E-state index contributed by atoms with van der Waals surface area (Å²) in [7, 11) is 0. The summed E-state index contributed by atoms with van der Waals surface area (Å²) >= 11 is 0. The minimum Gasteiger partial charge on any atom is -0.202 e. The van der Waals surface area contributed by atoms with Gasteiger partial charge < -0.3 is 0 Å². The third-order valence-electron chi connectivity index (χ3n) is 2.01. The fourth-order valence-corrected chi connectivity index (χ4v) is 1.44. The van der Waals surface area contributed by atoms with E-state index >= 15 is 0 Å². The van der Waals surface area contributed by atoms with Gasteiger partial charge in [-0.25, -0.2) is 8.78 Å². The van der Waals surface area contributed by atoms with Gasteiger partial charge >= 0.3 is 0 Å². The summed E-state index contributed by atoms with van der Waals surface area (Å²) in [6, 6.07) is 6.74. The van der Waals surface area contributed by atoms with E-state index in [1.165, 1.54) is 6.07 Å². The smallest absolute Gasteiger partial charge is 0.202 e. The molecule has 72 valence electrons. The average molecular weight is 184 g/mol. The summed E-state index contributed by atoms with van der Waals surface area (Å²) in [6.45, 7) is 2.94. The average Bonchev–Trinajstić information content (AvgIpc) is 2.04. The topological polar surface area (TPSA) is 0 Å². The van der Waals surface area contributed by atoms with Gasteiger partial charge in [0.25, 0.3) is 5.92 Å². The molecular formula is C11H14F2. The van der Waals surface area contributed by atoms with E-state index in [2.05, 4.69) is 0 Å². The lowest BCUT2D eigenvalue weighted by Gasteiger charge is -2.14. The van der Waals surface area contributed by atoms with Crippen LogP contribution in [0.2, 0.25) is 0 Å². The van der Waals surface area contributed by atoms with Gasteiger partial charge in [-0.3, -0.25) is 0 Å². The lowest BCUT2D eigenvalue weighted by Crippen LogP contribution is -2.10. The van der Waals surface area contributed by atoms with Gasteiger partial charge in [0.05, 0.1) is 0 Å². The van der Waals surface area contributed by atoms with E-state index in [-0.39, 0.29) is 5.56 Å². The molecule has 1 aromatic rings. The van der Waals surface area contributed by atoms with Crippen LogP contribution in [-0.2, 0) is 12.3 Å². The van der Waals surface area contributed by atoms with E-state index in [0.29, 0.717) is 0 Å². The van der Waals surface area contributed by atoms with Gasteiger partial charge in [-0.1, -0.05) is 37.6 Å². The molecule has 1 rings (SSSR count). The highest BCUT2D eigenvalue weighted by atomic mass is 19.3. The van der Waals surface area contributed by atoms with Crippen LogP contribution in [0.5, 0.6) is 0 Å². The van der Waals surface area contributed by atoms with Gasteiger partial charge in [0.15, 0.2) is 0 Å². The second-order valence-corrected chi connectivity index (χ2v) is 3.30.